The van der Waals surface area contributed by atoms with Crippen LogP contribution in [0.2, 0.25) is 0 Å². The van der Waals surface area contributed by atoms with Crippen molar-refractivity contribution in [3.05, 3.63) is 42.2 Å². The Bertz CT molecular complexity index is 504. The van der Waals surface area contributed by atoms with Gasteiger partial charge in [0.2, 0.25) is 0 Å². The maximum absolute atomic E-state index is 9.28. The Balaban J connectivity index is 2.00. The van der Waals surface area contributed by atoms with Gasteiger partial charge in [0.1, 0.15) is 5.82 Å². The average Bonchev–Trinajstić information content (AvgIpc) is 2.82. The Kier molecular flexibility index (Phi) is 2.69. The molecule has 3 nitrogen and oxygen atoms in total. The van der Waals surface area contributed by atoms with Gasteiger partial charge in [-0.2, -0.15) is 0 Å². The van der Waals surface area contributed by atoms with Gasteiger partial charge in [0.25, 0.3) is 0 Å². The monoisotopic (exact) mass is 228 g/mol. The van der Waals surface area contributed by atoms with E-state index in [1.165, 1.54) is 5.69 Å². The SMILES string of the molecule is OCC1CCc2cnc(-c3ccccc3)n2C1. The second-order valence-corrected chi connectivity index (χ2v) is 4.64. The van der Waals surface area contributed by atoms with Crippen LogP contribution in [0.4, 0.5) is 0 Å². The molecule has 17 heavy (non-hydrogen) atoms. The number of hydrogen-bond donors (Lipinski definition) is 1. The molecule has 1 aromatic heterocycles. The molecule has 1 aromatic carbocycles. The molecular formula is C14H16N2O. The van der Waals surface area contributed by atoms with E-state index < -0.39 is 0 Å². The number of fused-ring (bicyclic) bond motifs is 1. The first-order valence-corrected chi connectivity index (χ1v) is 6.09. The molecule has 1 unspecified atom stereocenters. The number of rotatable bonds is 2. The number of hydrogen-bond acceptors (Lipinski definition) is 2. The first-order chi connectivity index (χ1) is 8.38. The van der Waals surface area contributed by atoms with E-state index in [1.54, 1.807) is 0 Å². The third-order valence-corrected chi connectivity index (χ3v) is 3.48. The van der Waals surface area contributed by atoms with E-state index in [1.807, 2.05) is 24.4 Å². The molecule has 1 aliphatic heterocycles. The van der Waals surface area contributed by atoms with Crippen LogP contribution in [0.5, 0.6) is 0 Å². The zero-order chi connectivity index (χ0) is 11.7. The van der Waals surface area contributed by atoms with Crippen molar-refractivity contribution in [2.24, 2.45) is 5.92 Å². The largest absolute Gasteiger partial charge is 0.396 e. The van der Waals surface area contributed by atoms with Crippen molar-refractivity contribution in [1.82, 2.24) is 9.55 Å². The lowest BCUT2D eigenvalue weighted by Crippen LogP contribution is -2.22. The summed E-state index contributed by atoms with van der Waals surface area (Å²) in [7, 11) is 0. The zero-order valence-electron chi connectivity index (χ0n) is 9.71. The van der Waals surface area contributed by atoms with Crippen molar-refractivity contribution in [3.8, 4) is 11.4 Å². The summed E-state index contributed by atoms with van der Waals surface area (Å²) in [6, 6.07) is 10.2. The summed E-state index contributed by atoms with van der Waals surface area (Å²) >= 11 is 0. The van der Waals surface area contributed by atoms with E-state index in [9.17, 15) is 5.11 Å². The second kappa shape index (κ2) is 4.34. The Hall–Kier alpha value is -1.61. The van der Waals surface area contributed by atoms with Gasteiger partial charge in [-0.3, -0.25) is 0 Å². The minimum atomic E-state index is 0.270. The van der Waals surface area contributed by atoms with E-state index in [0.717, 1.165) is 30.8 Å². The van der Waals surface area contributed by atoms with Crippen molar-refractivity contribution in [2.45, 2.75) is 19.4 Å². The topological polar surface area (TPSA) is 38.1 Å². The second-order valence-electron chi connectivity index (χ2n) is 4.64. The van der Waals surface area contributed by atoms with E-state index >= 15 is 0 Å². The first-order valence-electron chi connectivity index (χ1n) is 6.09. The Morgan fingerprint density at radius 2 is 2.12 bits per heavy atom. The van der Waals surface area contributed by atoms with E-state index in [0.29, 0.717) is 5.92 Å². The summed E-state index contributed by atoms with van der Waals surface area (Å²) < 4.78 is 2.25. The molecule has 0 aliphatic carbocycles. The van der Waals surface area contributed by atoms with Crippen LogP contribution >= 0.6 is 0 Å². The average molecular weight is 228 g/mol. The highest BCUT2D eigenvalue weighted by Gasteiger charge is 2.21. The molecule has 0 saturated carbocycles. The van der Waals surface area contributed by atoms with Crippen molar-refractivity contribution in [3.63, 3.8) is 0 Å². The smallest absolute Gasteiger partial charge is 0.140 e. The zero-order valence-corrected chi connectivity index (χ0v) is 9.71. The number of aliphatic hydroxyl groups is 1. The van der Waals surface area contributed by atoms with Crippen LogP contribution in [-0.2, 0) is 13.0 Å². The van der Waals surface area contributed by atoms with Crippen LogP contribution in [0.15, 0.2) is 36.5 Å². The molecule has 3 heteroatoms. The van der Waals surface area contributed by atoms with Crippen molar-refractivity contribution < 1.29 is 5.11 Å². The maximum atomic E-state index is 9.28. The van der Waals surface area contributed by atoms with Gasteiger partial charge in [0.05, 0.1) is 0 Å². The fraction of sp³-hybridized carbons (Fsp3) is 0.357. The molecule has 3 rings (SSSR count). The molecule has 1 N–H and O–H groups in total. The van der Waals surface area contributed by atoms with Gasteiger partial charge in [-0.25, -0.2) is 4.98 Å². The van der Waals surface area contributed by atoms with Gasteiger partial charge in [0.15, 0.2) is 0 Å². The highest BCUT2D eigenvalue weighted by atomic mass is 16.3. The van der Waals surface area contributed by atoms with Crippen molar-refractivity contribution >= 4 is 0 Å². The molecule has 0 amide bonds. The standard InChI is InChI=1S/C14H16N2O/c17-10-11-6-7-13-8-15-14(16(13)9-11)12-4-2-1-3-5-12/h1-5,8,11,17H,6-7,9-10H2. The summed E-state index contributed by atoms with van der Waals surface area (Å²) in [5.74, 6) is 1.40. The molecule has 2 heterocycles. The van der Waals surface area contributed by atoms with Crippen LogP contribution in [0, 0.1) is 5.92 Å². The van der Waals surface area contributed by atoms with Crippen LogP contribution in [0.25, 0.3) is 11.4 Å². The minimum absolute atomic E-state index is 0.270. The summed E-state index contributed by atoms with van der Waals surface area (Å²) in [4.78, 5) is 4.52. The number of aliphatic hydroxyl groups excluding tert-OH is 1. The number of benzene rings is 1. The predicted molar refractivity (Wildman–Crippen MR) is 66.6 cm³/mol. The van der Waals surface area contributed by atoms with Gasteiger partial charge in [-0.15, -0.1) is 0 Å². The molecule has 88 valence electrons. The third kappa shape index (κ3) is 1.87. The molecule has 0 saturated heterocycles. The number of aryl methyl sites for hydroxylation is 1. The van der Waals surface area contributed by atoms with Gasteiger partial charge in [-0.1, -0.05) is 30.3 Å². The molecule has 0 spiro atoms. The van der Waals surface area contributed by atoms with Crippen molar-refractivity contribution in [2.75, 3.05) is 6.61 Å². The summed E-state index contributed by atoms with van der Waals surface area (Å²) in [5.41, 5.74) is 2.44. The van der Waals surface area contributed by atoms with Crippen LogP contribution in [0.1, 0.15) is 12.1 Å². The van der Waals surface area contributed by atoms with Crippen LogP contribution in [0.3, 0.4) is 0 Å². The Labute approximate surface area is 101 Å². The highest BCUT2D eigenvalue weighted by Crippen LogP contribution is 2.26. The van der Waals surface area contributed by atoms with Crippen molar-refractivity contribution in [1.29, 1.82) is 0 Å². The lowest BCUT2D eigenvalue weighted by atomic mass is 9.99. The summed E-state index contributed by atoms with van der Waals surface area (Å²) in [6.45, 7) is 1.15. The quantitative estimate of drug-likeness (QED) is 0.854. The van der Waals surface area contributed by atoms with Gasteiger partial charge < -0.3 is 9.67 Å². The number of nitrogens with zero attached hydrogens (tertiary/aromatic N) is 2. The molecule has 1 aliphatic rings. The molecule has 0 bridgehead atoms. The number of imidazole rings is 1. The molecule has 2 aromatic rings. The summed E-state index contributed by atoms with van der Waals surface area (Å²) in [6.07, 6.45) is 4.05. The van der Waals surface area contributed by atoms with E-state index in [-0.39, 0.29) is 6.61 Å². The first kappa shape index (κ1) is 10.5. The third-order valence-electron chi connectivity index (χ3n) is 3.48. The fourth-order valence-corrected chi connectivity index (χ4v) is 2.48. The molecule has 1 atom stereocenters. The van der Waals surface area contributed by atoms with E-state index in [2.05, 4.69) is 21.7 Å². The predicted octanol–water partition coefficient (Wildman–Crippen LogP) is 2.10. The summed E-state index contributed by atoms with van der Waals surface area (Å²) in [5, 5.41) is 9.28. The van der Waals surface area contributed by atoms with E-state index in [4.69, 9.17) is 0 Å². The maximum Gasteiger partial charge on any atom is 0.140 e. The lowest BCUT2D eigenvalue weighted by Gasteiger charge is -2.23. The Morgan fingerprint density at radius 1 is 1.29 bits per heavy atom. The van der Waals surface area contributed by atoms with Crippen LogP contribution in [-0.4, -0.2) is 21.3 Å². The lowest BCUT2D eigenvalue weighted by molar-refractivity contribution is 0.192. The fourth-order valence-electron chi connectivity index (χ4n) is 2.48. The highest BCUT2D eigenvalue weighted by molar-refractivity contribution is 5.56. The van der Waals surface area contributed by atoms with Gasteiger partial charge >= 0.3 is 0 Å². The van der Waals surface area contributed by atoms with Gasteiger partial charge in [-0.05, 0) is 12.8 Å². The normalized spacial score (nSPS) is 19.0. The minimum Gasteiger partial charge on any atom is -0.396 e. The van der Waals surface area contributed by atoms with Gasteiger partial charge in [0, 0.05) is 36.5 Å². The number of aromatic nitrogens is 2. The molecule has 0 radical (unpaired) electrons. The molecular weight excluding hydrogens is 212 g/mol. The Morgan fingerprint density at radius 3 is 2.88 bits per heavy atom. The van der Waals surface area contributed by atoms with Crippen LogP contribution < -0.4 is 0 Å². The molecule has 0 fully saturated rings.